The number of rotatable bonds is 15. The Bertz CT molecular complexity index is 1140. The van der Waals surface area contributed by atoms with Crippen molar-refractivity contribution in [1.29, 1.82) is 0 Å². The first kappa shape index (κ1) is 34.8. The van der Waals surface area contributed by atoms with Crippen LogP contribution in [-0.2, 0) is 20.7 Å². The van der Waals surface area contributed by atoms with Gasteiger partial charge in [0, 0.05) is 12.2 Å². The lowest BCUT2D eigenvalue weighted by atomic mass is 9.95. The van der Waals surface area contributed by atoms with Crippen molar-refractivity contribution in [2.24, 2.45) is 5.92 Å². The Kier molecular flexibility index (Phi) is 14.1. The number of para-hydroxylation sites is 1. The Morgan fingerprint density at radius 3 is 2.12 bits per heavy atom. The van der Waals surface area contributed by atoms with E-state index < -0.39 is 23.8 Å². The number of amides is 3. The summed E-state index contributed by atoms with van der Waals surface area (Å²) in [6.07, 6.45) is 5.91. The number of alkyl carbamates (subject to hydrolysis) is 1. The lowest BCUT2D eigenvalue weighted by Gasteiger charge is -2.36. The number of carbonyl (C=O) groups is 3. The van der Waals surface area contributed by atoms with Crippen molar-refractivity contribution in [3.63, 3.8) is 0 Å². The van der Waals surface area contributed by atoms with Gasteiger partial charge in [0.25, 0.3) is 5.91 Å². The summed E-state index contributed by atoms with van der Waals surface area (Å²) in [5.74, 6) is -0.735. The third-order valence-electron chi connectivity index (χ3n) is 7.60. The third kappa shape index (κ3) is 10.8. The monoisotopic (exact) mass is 579 g/mol. The number of carbonyl (C=O) groups excluding carboxylic acids is 3. The minimum Gasteiger partial charge on any atom is -0.444 e. The predicted octanol–water partition coefficient (Wildman–Crippen LogP) is 7.98. The van der Waals surface area contributed by atoms with Crippen LogP contribution in [0.3, 0.4) is 0 Å². The van der Waals surface area contributed by atoms with Gasteiger partial charge in [-0.05, 0) is 69.2 Å². The van der Waals surface area contributed by atoms with Gasteiger partial charge in [-0.2, -0.15) is 0 Å². The SMILES string of the molecule is CCCCCCCN(C(=O)C(NC(=O)OC(C)(C)C)C(C)CC)C(C(=O)Nc1ccccc1C)c1ccc(CC)cc1. The highest BCUT2D eigenvalue weighted by Gasteiger charge is 2.38. The summed E-state index contributed by atoms with van der Waals surface area (Å²) in [4.78, 5) is 43.2. The summed E-state index contributed by atoms with van der Waals surface area (Å²) in [6, 6.07) is 13.8. The van der Waals surface area contributed by atoms with Crippen LogP contribution < -0.4 is 10.6 Å². The van der Waals surface area contributed by atoms with E-state index in [1.165, 1.54) is 0 Å². The third-order valence-corrected chi connectivity index (χ3v) is 7.60. The first-order chi connectivity index (χ1) is 19.9. The summed E-state index contributed by atoms with van der Waals surface area (Å²) in [6.45, 7) is 15.9. The maximum atomic E-state index is 14.5. The number of benzene rings is 2. The number of hydrogen-bond donors (Lipinski definition) is 2. The molecule has 0 radical (unpaired) electrons. The molecule has 7 heteroatoms. The highest BCUT2D eigenvalue weighted by Crippen LogP contribution is 2.28. The van der Waals surface area contributed by atoms with Crippen LogP contribution in [0.15, 0.2) is 48.5 Å². The summed E-state index contributed by atoms with van der Waals surface area (Å²) in [7, 11) is 0. The van der Waals surface area contributed by atoms with Crippen molar-refractivity contribution in [3.05, 3.63) is 65.2 Å². The van der Waals surface area contributed by atoms with Crippen molar-refractivity contribution in [2.75, 3.05) is 11.9 Å². The van der Waals surface area contributed by atoms with Crippen LogP contribution in [0.1, 0.15) is 110 Å². The lowest BCUT2D eigenvalue weighted by Crippen LogP contribution is -2.55. The smallest absolute Gasteiger partial charge is 0.408 e. The molecule has 0 aromatic heterocycles. The predicted molar refractivity (Wildman–Crippen MR) is 171 cm³/mol. The standard InChI is InChI=1S/C35H53N3O4/c1-9-12-13-14-17-24-38(33(40)30(25(4)10-2)37-34(41)42-35(6,7)8)31(28-22-20-27(11-3)21-23-28)32(39)36-29-19-16-15-18-26(29)5/h15-16,18-23,25,30-31H,9-14,17,24H2,1-8H3,(H,36,39)(H,37,41). The van der Waals surface area contributed by atoms with Crippen molar-refractivity contribution in [2.45, 2.75) is 118 Å². The Morgan fingerprint density at radius 1 is 0.905 bits per heavy atom. The minimum absolute atomic E-state index is 0.171. The Labute approximate surface area is 253 Å². The molecule has 2 aromatic carbocycles. The molecule has 0 fully saturated rings. The molecule has 0 saturated carbocycles. The maximum Gasteiger partial charge on any atom is 0.408 e. The molecule has 232 valence electrons. The van der Waals surface area contributed by atoms with Gasteiger partial charge in [0.05, 0.1) is 0 Å². The van der Waals surface area contributed by atoms with Gasteiger partial charge >= 0.3 is 6.09 Å². The number of anilines is 1. The molecule has 0 aliphatic rings. The van der Waals surface area contributed by atoms with Crippen LogP contribution in [0, 0.1) is 12.8 Å². The lowest BCUT2D eigenvalue weighted by molar-refractivity contribution is -0.142. The summed E-state index contributed by atoms with van der Waals surface area (Å²) >= 11 is 0. The topological polar surface area (TPSA) is 87.7 Å². The van der Waals surface area contributed by atoms with Gasteiger partial charge in [-0.25, -0.2) is 4.79 Å². The van der Waals surface area contributed by atoms with E-state index in [0.29, 0.717) is 18.7 Å². The van der Waals surface area contributed by atoms with Gasteiger partial charge in [-0.3, -0.25) is 9.59 Å². The van der Waals surface area contributed by atoms with Gasteiger partial charge in [0.2, 0.25) is 5.91 Å². The van der Waals surface area contributed by atoms with Crippen LogP contribution in [0.2, 0.25) is 0 Å². The number of hydrogen-bond acceptors (Lipinski definition) is 4. The first-order valence-corrected chi connectivity index (χ1v) is 15.7. The Balaban J connectivity index is 2.57. The molecular weight excluding hydrogens is 526 g/mol. The molecule has 0 aliphatic carbocycles. The van der Waals surface area contributed by atoms with E-state index in [1.807, 2.05) is 69.3 Å². The Morgan fingerprint density at radius 2 is 1.55 bits per heavy atom. The number of nitrogens with one attached hydrogen (secondary N) is 2. The van der Waals surface area contributed by atoms with E-state index in [-0.39, 0.29) is 17.7 Å². The molecule has 3 atom stereocenters. The fourth-order valence-corrected chi connectivity index (χ4v) is 4.87. The molecule has 0 aliphatic heterocycles. The second-order valence-corrected chi connectivity index (χ2v) is 12.3. The second kappa shape index (κ2) is 16.9. The fourth-order valence-electron chi connectivity index (χ4n) is 4.87. The van der Waals surface area contributed by atoms with Crippen molar-refractivity contribution >= 4 is 23.6 Å². The molecule has 0 spiro atoms. The van der Waals surface area contributed by atoms with Crippen molar-refractivity contribution in [3.8, 4) is 0 Å². The summed E-state index contributed by atoms with van der Waals surface area (Å²) in [5, 5.41) is 5.95. The van der Waals surface area contributed by atoms with Gasteiger partial charge in [0.15, 0.2) is 0 Å². The normalized spacial score (nSPS) is 13.5. The molecule has 0 heterocycles. The van der Waals surface area contributed by atoms with Gasteiger partial charge in [0.1, 0.15) is 17.7 Å². The fraction of sp³-hybridized carbons (Fsp3) is 0.571. The zero-order valence-corrected chi connectivity index (χ0v) is 27.1. The zero-order valence-electron chi connectivity index (χ0n) is 27.1. The quantitative estimate of drug-likeness (QED) is 0.209. The first-order valence-electron chi connectivity index (χ1n) is 15.7. The minimum atomic E-state index is -0.874. The van der Waals surface area contributed by atoms with Gasteiger partial charge < -0.3 is 20.3 Å². The Hall–Kier alpha value is -3.35. The molecule has 3 unspecified atom stereocenters. The number of aryl methyl sites for hydroxylation is 2. The highest BCUT2D eigenvalue weighted by atomic mass is 16.6. The average molecular weight is 580 g/mol. The van der Waals surface area contributed by atoms with Crippen LogP contribution in [0.25, 0.3) is 0 Å². The van der Waals surface area contributed by atoms with Crippen LogP contribution >= 0.6 is 0 Å². The molecule has 2 aromatic rings. The highest BCUT2D eigenvalue weighted by molar-refractivity contribution is 5.99. The van der Waals surface area contributed by atoms with Crippen molar-refractivity contribution in [1.82, 2.24) is 10.2 Å². The van der Waals surface area contributed by atoms with E-state index in [1.54, 1.807) is 25.7 Å². The van der Waals surface area contributed by atoms with Crippen LogP contribution in [0.5, 0.6) is 0 Å². The molecule has 0 bridgehead atoms. The van der Waals surface area contributed by atoms with E-state index in [4.69, 9.17) is 4.74 Å². The van der Waals surface area contributed by atoms with E-state index in [2.05, 4.69) is 24.5 Å². The van der Waals surface area contributed by atoms with Crippen LogP contribution in [0.4, 0.5) is 10.5 Å². The molecule has 0 saturated heterocycles. The maximum absolute atomic E-state index is 14.5. The molecular formula is C35H53N3O4. The number of nitrogens with zero attached hydrogens (tertiary/aromatic N) is 1. The number of unbranched alkanes of at least 4 members (excludes halogenated alkanes) is 4. The van der Waals surface area contributed by atoms with Gasteiger partial charge in [-0.15, -0.1) is 0 Å². The average Bonchev–Trinajstić information content (AvgIpc) is 2.95. The molecule has 3 amide bonds. The summed E-state index contributed by atoms with van der Waals surface area (Å²) < 4.78 is 5.53. The zero-order chi connectivity index (χ0) is 31.3. The summed E-state index contributed by atoms with van der Waals surface area (Å²) in [5.41, 5.74) is 2.83. The van der Waals surface area contributed by atoms with Gasteiger partial charge in [-0.1, -0.05) is 102 Å². The second-order valence-electron chi connectivity index (χ2n) is 12.3. The molecule has 2 rings (SSSR count). The number of ether oxygens (including phenoxy) is 1. The van der Waals surface area contributed by atoms with E-state index in [9.17, 15) is 14.4 Å². The van der Waals surface area contributed by atoms with E-state index >= 15 is 0 Å². The van der Waals surface area contributed by atoms with Crippen LogP contribution in [-0.4, -0.2) is 41.0 Å². The van der Waals surface area contributed by atoms with E-state index in [0.717, 1.165) is 55.2 Å². The molecule has 7 nitrogen and oxygen atoms in total. The molecule has 2 N–H and O–H groups in total. The molecule has 42 heavy (non-hydrogen) atoms. The van der Waals surface area contributed by atoms with Crippen molar-refractivity contribution < 1.29 is 19.1 Å². The largest absolute Gasteiger partial charge is 0.444 e.